The molecule has 4 N–H and O–H groups in total. The van der Waals surface area contributed by atoms with Crippen LogP contribution >= 0.6 is 0 Å². The van der Waals surface area contributed by atoms with Crippen LogP contribution in [0.25, 0.3) is 10.9 Å². The quantitative estimate of drug-likeness (QED) is 0.129. The lowest BCUT2D eigenvalue weighted by molar-refractivity contribution is -0.142. The number of aliphatic carboxylic acids is 1. The maximum Gasteiger partial charge on any atom is 0.418 e. The molecule has 0 bridgehead atoms. The number of hydrogen-bond acceptors (Lipinski definition) is 7. The van der Waals surface area contributed by atoms with E-state index in [-0.39, 0.29) is 31.8 Å². The number of carboxylic acid groups (broad SMARTS) is 1. The third-order valence-corrected chi connectivity index (χ3v) is 7.92. The molecule has 1 heterocycles. The van der Waals surface area contributed by atoms with Gasteiger partial charge in [0.15, 0.2) is 0 Å². The second-order valence-corrected chi connectivity index (χ2v) is 12.6. The van der Waals surface area contributed by atoms with E-state index in [1.54, 1.807) is 42.6 Å². The number of nitrogens with zero attached hydrogens (tertiary/aromatic N) is 1. The summed E-state index contributed by atoms with van der Waals surface area (Å²) in [6.07, 6.45) is 4.73. The SMILES string of the molecule is CCCCOC(=O)n1cc(C[C@H](NC(=O)[C@H](Cc2ccc(OCCCC)cc2)NC(C)=O)C(=O)N[C@@H](CC(C)C)C(=O)O)c2ccccc21. The van der Waals surface area contributed by atoms with Gasteiger partial charge in [0.05, 0.1) is 18.7 Å². The molecule has 12 heteroatoms. The van der Waals surface area contributed by atoms with Gasteiger partial charge in [-0.2, -0.15) is 0 Å². The van der Waals surface area contributed by atoms with Gasteiger partial charge in [-0.1, -0.05) is 70.9 Å². The fraction of sp³-hybridized carbons (Fsp3) is 0.486. The van der Waals surface area contributed by atoms with Gasteiger partial charge in [-0.25, -0.2) is 9.59 Å². The Morgan fingerprint density at radius 2 is 1.41 bits per heavy atom. The first kappa shape index (κ1) is 38.6. The van der Waals surface area contributed by atoms with Crippen molar-refractivity contribution in [3.05, 3.63) is 65.9 Å². The highest BCUT2D eigenvalue weighted by Crippen LogP contribution is 2.24. The average molecular weight is 679 g/mol. The van der Waals surface area contributed by atoms with Crippen LogP contribution in [0.5, 0.6) is 5.75 Å². The lowest BCUT2D eigenvalue weighted by Crippen LogP contribution is -2.56. The number of amides is 3. The molecule has 49 heavy (non-hydrogen) atoms. The van der Waals surface area contributed by atoms with Gasteiger partial charge < -0.3 is 30.5 Å². The van der Waals surface area contributed by atoms with Crippen molar-refractivity contribution in [2.45, 2.75) is 97.7 Å². The maximum absolute atomic E-state index is 13.8. The number of carbonyl (C=O) groups is 5. The van der Waals surface area contributed by atoms with Gasteiger partial charge in [-0.05, 0) is 54.5 Å². The lowest BCUT2D eigenvalue weighted by atomic mass is 10.0. The Morgan fingerprint density at radius 3 is 2.02 bits per heavy atom. The van der Waals surface area contributed by atoms with E-state index in [4.69, 9.17) is 9.47 Å². The zero-order valence-corrected chi connectivity index (χ0v) is 29.1. The van der Waals surface area contributed by atoms with Gasteiger partial charge in [0.25, 0.3) is 0 Å². The number of benzene rings is 2. The summed E-state index contributed by atoms with van der Waals surface area (Å²) in [5.41, 5.74) is 1.88. The number of unbranched alkanes of at least 4 members (excludes halogenated alkanes) is 2. The molecule has 0 aliphatic heterocycles. The predicted molar refractivity (Wildman–Crippen MR) is 186 cm³/mol. The molecule has 3 aromatic rings. The number of rotatable bonds is 19. The minimum atomic E-state index is -1.25. The minimum Gasteiger partial charge on any atom is -0.494 e. The van der Waals surface area contributed by atoms with Crippen molar-refractivity contribution in [2.75, 3.05) is 13.2 Å². The fourth-order valence-electron chi connectivity index (χ4n) is 5.35. The zero-order chi connectivity index (χ0) is 35.9. The van der Waals surface area contributed by atoms with Crippen LogP contribution in [0.2, 0.25) is 0 Å². The number of carbonyl (C=O) groups excluding carboxylic acids is 4. The zero-order valence-electron chi connectivity index (χ0n) is 29.1. The summed E-state index contributed by atoms with van der Waals surface area (Å²) in [5.74, 6) is -2.31. The Bertz CT molecular complexity index is 1570. The van der Waals surface area contributed by atoms with Crippen molar-refractivity contribution >= 4 is 40.7 Å². The molecule has 3 rings (SSSR count). The van der Waals surface area contributed by atoms with E-state index < -0.39 is 47.9 Å². The number of carboxylic acids is 1. The van der Waals surface area contributed by atoms with Gasteiger partial charge in [0.1, 0.15) is 23.9 Å². The van der Waals surface area contributed by atoms with Gasteiger partial charge in [-0.3, -0.25) is 19.0 Å². The largest absolute Gasteiger partial charge is 0.494 e. The molecule has 266 valence electrons. The first-order valence-corrected chi connectivity index (χ1v) is 17.0. The Hall–Kier alpha value is -4.87. The van der Waals surface area contributed by atoms with Gasteiger partial charge in [0, 0.05) is 31.3 Å². The van der Waals surface area contributed by atoms with Crippen LogP contribution in [0.4, 0.5) is 4.79 Å². The Balaban J connectivity index is 1.93. The first-order chi connectivity index (χ1) is 23.4. The van der Waals surface area contributed by atoms with Gasteiger partial charge in [-0.15, -0.1) is 0 Å². The fourth-order valence-corrected chi connectivity index (χ4v) is 5.35. The van der Waals surface area contributed by atoms with E-state index in [2.05, 4.69) is 22.9 Å². The second kappa shape index (κ2) is 19.2. The van der Waals surface area contributed by atoms with E-state index in [9.17, 15) is 29.1 Å². The Morgan fingerprint density at radius 1 is 0.796 bits per heavy atom. The topological polar surface area (TPSA) is 165 Å². The number of hydrogen-bond donors (Lipinski definition) is 4. The summed E-state index contributed by atoms with van der Waals surface area (Å²) in [4.78, 5) is 64.9. The van der Waals surface area contributed by atoms with Crippen molar-refractivity contribution in [3.63, 3.8) is 0 Å². The van der Waals surface area contributed by atoms with Crippen LogP contribution in [0.3, 0.4) is 0 Å². The molecule has 3 amide bonds. The van der Waals surface area contributed by atoms with E-state index in [0.717, 1.165) is 24.8 Å². The number of nitrogens with one attached hydrogen (secondary N) is 3. The second-order valence-electron chi connectivity index (χ2n) is 12.6. The molecule has 0 radical (unpaired) electrons. The standard InChI is InChI=1S/C37H50N4O8/c1-6-8-18-48-28-16-14-26(15-17-28)21-30(38-25(5)42)34(43)39-31(35(44)40-32(36(45)46)20-24(3)4)22-27-23-41(37(47)49-19-9-7-2)33-13-11-10-12-29(27)33/h10-17,23-24,30-32H,6-9,18-22H2,1-5H3,(H,38,42)(H,39,43)(H,40,44)(H,45,46)/t30-,31-,32-/m0/s1. The number of aromatic nitrogens is 1. The van der Waals surface area contributed by atoms with E-state index in [1.807, 2.05) is 32.9 Å². The van der Waals surface area contributed by atoms with Crippen LogP contribution in [-0.2, 0) is 36.8 Å². The van der Waals surface area contributed by atoms with Crippen LogP contribution in [-0.4, -0.2) is 70.8 Å². The maximum atomic E-state index is 13.8. The predicted octanol–water partition coefficient (Wildman–Crippen LogP) is 5.00. The van der Waals surface area contributed by atoms with Crippen molar-refractivity contribution in [1.29, 1.82) is 0 Å². The summed E-state index contributed by atoms with van der Waals surface area (Å²) in [6.45, 7) is 9.90. The molecule has 12 nitrogen and oxygen atoms in total. The normalized spacial score (nSPS) is 12.9. The summed E-state index contributed by atoms with van der Waals surface area (Å²) < 4.78 is 12.5. The third-order valence-electron chi connectivity index (χ3n) is 7.92. The molecule has 3 atom stereocenters. The molecule has 0 saturated heterocycles. The van der Waals surface area contributed by atoms with Crippen LogP contribution < -0.4 is 20.7 Å². The van der Waals surface area contributed by atoms with Gasteiger partial charge in [0.2, 0.25) is 17.7 Å². The lowest BCUT2D eigenvalue weighted by Gasteiger charge is -2.25. The minimum absolute atomic E-state index is 0.0290. The van der Waals surface area contributed by atoms with E-state index >= 15 is 0 Å². The first-order valence-electron chi connectivity index (χ1n) is 17.0. The number of para-hydroxylation sites is 1. The molecule has 0 spiro atoms. The van der Waals surface area contributed by atoms with Crippen LogP contribution in [0.1, 0.15) is 77.8 Å². The number of ether oxygens (including phenoxy) is 2. The van der Waals surface area contributed by atoms with Crippen molar-refractivity contribution in [1.82, 2.24) is 20.5 Å². The van der Waals surface area contributed by atoms with E-state index in [0.29, 0.717) is 35.2 Å². The average Bonchev–Trinajstić information content (AvgIpc) is 3.42. The molecule has 2 aromatic carbocycles. The van der Waals surface area contributed by atoms with E-state index in [1.165, 1.54) is 11.5 Å². The molecule has 1 aromatic heterocycles. The van der Waals surface area contributed by atoms with Crippen LogP contribution in [0, 0.1) is 5.92 Å². The molecular weight excluding hydrogens is 628 g/mol. The highest BCUT2D eigenvalue weighted by molar-refractivity contribution is 5.95. The smallest absolute Gasteiger partial charge is 0.418 e. The summed E-state index contributed by atoms with van der Waals surface area (Å²) in [7, 11) is 0. The van der Waals surface area contributed by atoms with Gasteiger partial charge >= 0.3 is 12.1 Å². The van der Waals surface area contributed by atoms with Crippen molar-refractivity contribution in [2.24, 2.45) is 5.92 Å². The number of fused-ring (bicyclic) bond motifs is 1. The molecule has 0 aliphatic rings. The van der Waals surface area contributed by atoms with Crippen molar-refractivity contribution in [3.8, 4) is 5.75 Å². The summed E-state index contributed by atoms with van der Waals surface area (Å²) >= 11 is 0. The highest BCUT2D eigenvalue weighted by Gasteiger charge is 2.31. The Labute approximate surface area is 287 Å². The summed E-state index contributed by atoms with van der Waals surface area (Å²) in [6, 6.07) is 10.9. The summed E-state index contributed by atoms with van der Waals surface area (Å²) in [5, 5.41) is 18.5. The van der Waals surface area contributed by atoms with Crippen molar-refractivity contribution < 1.29 is 38.6 Å². The third kappa shape index (κ3) is 12.0. The molecule has 0 saturated carbocycles. The Kier molecular flexibility index (Phi) is 15.1. The van der Waals surface area contributed by atoms with Crippen LogP contribution in [0.15, 0.2) is 54.7 Å². The molecular formula is C37H50N4O8. The molecule has 0 fully saturated rings. The highest BCUT2D eigenvalue weighted by atomic mass is 16.5. The monoisotopic (exact) mass is 678 g/mol. The molecule has 0 aliphatic carbocycles. The molecule has 0 unspecified atom stereocenters.